The van der Waals surface area contributed by atoms with Gasteiger partial charge in [0.2, 0.25) is 0 Å². The molecule has 2 unspecified atom stereocenters. The van der Waals surface area contributed by atoms with E-state index in [0.29, 0.717) is 37.0 Å². The van der Waals surface area contributed by atoms with Gasteiger partial charge in [-0.25, -0.2) is 18.8 Å². The summed E-state index contributed by atoms with van der Waals surface area (Å²) in [6, 6.07) is 0.149. The normalized spacial score (nSPS) is 29.6. The largest absolute Gasteiger partial charge is 0.355 e. The van der Waals surface area contributed by atoms with Crippen LogP contribution >= 0.6 is 0 Å². The van der Waals surface area contributed by atoms with Crippen LogP contribution in [0.15, 0.2) is 35.4 Å². The monoisotopic (exact) mass is 596 g/mol. The van der Waals surface area contributed by atoms with Gasteiger partial charge in [-0.3, -0.25) is 14.5 Å². The number of hydrogen-bond donors (Lipinski definition) is 1. The van der Waals surface area contributed by atoms with Gasteiger partial charge < -0.3 is 15.1 Å². The van der Waals surface area contributed by atoms with Crippen molar-refractivity contribution in [3.05, 3.63) is 36.1 Å². The average molecular weight is 597 g/mol. The van der Waals surface area contributed by atoms with E-state index in [2.05, 4.69) is 27.3 Å². The minimum absolute atomic E-state index is 0.113. The first-order valence-corrected chi connectivity index (χ1v) is 16.5. The molecule has 2 saturated heterocycles. The first kappa shape index (κ1) is 29.0. The summed E-state index contributed by atoms with van der Waals surface area (Å²) in [6.45, 7) is 6.48. The molecular weight excluding hydrogens is 550 g/mol. The summed E-state index contributed by atoms with van der Waals surface area (Å²) in [6.07, 6.45) is 15.0. The Morgan fingerprint density at radius 1 is 1.02 bits per heavy atom. The van der Waals surface area contributed by atoms with E-state index in [4.69, 9.17) is 4.99 Å². The van der Waals surface area contributed by atoms with E-state index >= 15 is 0 Å². The van der Waals surface area contributed by atoms with Gasteiger partial charge in [-0.1, -0.05) is 0 Å². The van der Waals surface area contributed by atoms with Crippen molar-refractivity contribution in [1.82, 2.24) is 29.9 Å². The number of aromatic nitrogens is 2. The van der Waals surface area contributed by atoms with Crippen LogP contribution in [0.4, 0.5) is 14.5 Å². The van der Waals surface area contributed by atoms with E-state index in [9.17, 15) is 13.6 Å². The molecule has 2 atom stereocenters. The number of hydrazine groups is 1. The summed E-state index contributed by atoms with van der Waals surface area (Å²) in [5.41, 5.74) is 0.287. The Morgan fingerprint density at radius 3 is 2.49 bits per heavy atom. The van der Waals surface area contributed by atoms with Crippen molar-refractivity contribution in [3.63, 3.8) is 0 Å². The fourth-order valence-electron chi connectivity index (χ4n) is 8.22. The number of carbonyl (C=O) groups excluding carboxylic acids is 1. The van der Waals surface area contributed by atoms with E-state index in [1.807, 2.05) is 39.2 Å². The number of fused-ring (bicyclic) bond motifs is 3. The molecule has 6 aliphatic rings. The third-order valence-electron chi connectivity index (χ3n) is 10.8. The first-order valence-electron chi connectivity index (χ1n) is 16.5. The van der Waals surface area contributed by atoms with Crippen LogP contribution in [0.1, 0.15) is 75.9 Å². The van der Waals surface area contributed by atoms with Crippen LogP contribution in [0.25, 0.3) is 0 Å². The third kappa shape index (κ3) is 5.99. The number of nitrogens with zero attached hydrogens (tertiary/aromatic N) is 7. The average Bonchev–Trinajstić information content (AvgIpc) is 3.69. The number of amidine groups is 1. The predicted molar refractivity (Wildman–Crippen MR) is 163 cm³/mol. The van der Waals surface area contributed by atoms with Gasteiger partial charge in [0.05, 0.1) is 18.8 Å². The lowest BCUT2D eigenvalue weighted by molar-refractivity contribution is -0.126. The van der Waals surface area contributed by atoms with Crippen molar-refractivity contribution in [1.29, 1.82) is 0 Å². The molecule has 0 amide bonds. The molecule has 1 aromatic heterocycles. The highest BCUT2D eigenvalue weighted by Crippen LogP contribution is 2.39. The SMILES string of the molecule is CN(CCC1CCNCC1)CC1CCC(n2cc(N3CC=C4N=C(N5CC6CCC(C5)C6=O)C=CN43)c(C(F)F)n2)CC1. The number of Topliss-reactive ketones (excluding diaryl/α,β-unsaturated/α-hetero) is 1. The molecule has 9 nitrogen and oxygen atoms in total. The molecule has 234 valence electrons. The second-order valence-electron chi connectivity index (χ2n) is 13.7. The lowest BCUT2D eigenvalue weighted by atomic mass is 9.85. The van der Waals surface area contributed by atoms with Crippen molar-refractivity contribution in [2.75, 3.05) is 57.9 Å². The van der Waals surface area contributed by atoms with Crippen LogP contribution in [0.2, 0.25) is 0 Å². The maximum atomic E-state index is 14.3. The van der Waals surface area contributed by atoms with E-state index in [0.717, 1.165) is 82.3 Å². The van der Waals surface area contributed by atoms with Crippen molar-refractivity contribution >= 4 is 17.3 Å². The van der Waals surface area contributed by atoms with E-state index in [1.165, 1.54) is 19.3 Å². The molecule has 5 heterocycles. The molecule has 43 heavy (non-hydrogen) atoms. The summed E-state index contributed by atoms with van der Waals surface area (Å²) in [5, 5.41) is 11.6. The molecule has 11 heteroatoms. The van der Waals surface area contributed by atoms with Crippen LogP contribution in [-0.2, 0) is 4.79 Å². The van der Waals surface area contributed by atoms with Gasteiger partial charge in [0.15, 0.2) is 11.5 Å². The summed E-state index contributed by atoms with van der Waals surface area (Å²) in [4.78, 5) is 21.9. The second-order valence-corrected chi connectivity index (χ2v) is 13.7. The predicted octanol–water partition coefficient (Wildman–Crippen LogP) is 4.59. The molecule has 0 radical (unpaired) electrons. The Labute approximate surface area is 253 Å². The summed E-state index contributed by atoms with van der Waals surface area (Å²) >= 11 is 0. The molecule has 1 N–H and O–H groups in total. The molecule has 2 bridgehead atoms. The van der Waals surface area contributed by atoms with Crippen molar-refractivity contribution in [2.45, 2.75) is 70.3 Å². The number of alkyl halides is 2. The van der Waals surface area contributed by atoms with Gasteiger partial charge in [0.1, 0.15) is 17.3 Å². The minimum Gasteiger partial charge on any atom is -0.355 e. The highest BCUT2D eigenvalue weighted by molar-refractivity contribution is 5.97. The van der Waals surface area contributed by atoms with Crippen LogP contribution in [0.5, 0.6) is 0 Å². The van der Waals surface area contributed by atoms with Crippen LogP contribution in [0.3, 0.4) is 0 Å². The van der Waals surface area contributed by atoms with E-state index < -0.39 is 6.43 Å². The number of likely N-dealkylation sites (tertiary alicyclic amines) is 1. The molecular formula is C32H46F2N8O. The van der Waals surface area contributed by atoms with E-state index in [1.54, 1.807) is 0 Å². The first-order chi connectivity index (χ1) is 20.9. The lowest BCUT2D eigenvalue weighted by Crippen LogP contribution is -2.46. The molecule has 2 saturated carbocycles. The van der Waals surface area contributed by atoms with Gasteiger partial charge in [-0.15, -0.1) is 0 Å². The van der Waals surface area contributed by atoms with Gasteiger partial charge in [0, 0.05) is 37.7 Å². The fraction of sp³-hybridized carbons (Fsp3) is 0.719. The van der Waals surface area contributed by atoms with Crippen molar-refractivity contribution in [3.8, 4) is 0 Å². The Balaban J connectivity index is 0.956. The number of carbonyl (C=O) groups is 1. The Bertz CT molecular complexity index is 1250. The molecule has 0 spiro atoms. The number of ketones is 1. The maximum absolute atomic E-state index is 14.3. The number of piperidine rings is 2. The summed E-state index contributed by atoms with van der Waals surface area (Å²) < 4.78 is 30.4. The van der Waals surface area contributed by atoms with Crippen LogP contribution in [-0.4, -0.2) is 89.1 Å². The fourth-order valence-corrected chi connectivity index (χ4v) is 8.22. The summed E-state index contributed by atoms with van der Waals surface area (Å²) in [5.74, 6) is 3.73. The molecule has 2 aliphatic carbocycles. The van der Waals surface area contributed by atoms with Crippen molar-refractivity contribution < 1.29 is 13.6 Å². The number of halogens is 2. The summed E-state index contributed by atoms with van der Waals surface area (Å²) in [7, 11) is 2.25. The standard InChI is InChI=1S/C32H46F2N8O/c1-38(15-10-22-8-13-35-14-9-22)18-23-2-6-26(7-3-23)40-21-27(30(37-40)32(33)34)41-16-12-29-36-28(11-17-42(29)41)39-19-24-4-5-25(20-39)31(24)43/h11-12,17,21-26,32,35H,2-10,13-16,18-20H2,1H3. The molecule has 0 aromatic carbocycles. The van der Waals surface area contributed by atoms with Gasteiger partial charge in [-0.2, -0.15) is 5.10 Å². The van der Waals surface area contributed by atoms with Crippen LogP contribution in [0, 0.1) is 23.7 Å². The second kappa shape index (κ2) is 12.3. The topological polar surface area (TPSA) is 72.2 Å². The number of hydrogen-bond acceptors (Lipinski definition) is 8. The number of aliphatic imine (C=N–C) groups is 1. The minimum atomic E-state index is -2.65. The Kier molecular flexibility index (Phi) is 8.28. The van der Waals surface area contributed by atoms with Gasteiger partial charge in [0.25, 0.3) is 6.43 Å². The van der Waals surface area contributed by atoms with Gasteiger partial charge >= 0.3 is 0 Å². The van der Waals surface area contributed by atoms with Crippen molar-refractivity contribution in [2.24, 2.45) is 28.7 Å². The molecule has 4 fully saturated rings. The smallest absolute Gasteiger partial charge is 0.284 e. The van der Waals surface area contributed by atoms with E-state index in [-0.39, 0.29) is 23.6 Å². The number of rotatable bonds is 8. The quantitative estimate of drug-likeness (QED) is 0.471. The zero-order chi connectivity index (χ0) is 29.5. The van der Waals surface area contributed by atoms with Crippen LogP contribution < -0.4 is 10.3 Å². The number of nitrogens with one attached hydrogen (secondary N) is 1. The highest BCUT2D eigenvalue weighted by Gasteiger charge is 2.42. The highest BCUT2D eigenvalue weighted by atomic mass is 19.3. The molecule has 7 rings (SSSR count). The third-order valence-corrected chi connectivity index (χ3v) is 10.8. The Morgan fingerprint density at radius 2 is 1.77 bits per heavy atom. The van der Waals surface area contributed by atoms with Gasteiger partial charge in [-0.05, 0) is 108 Å². The number of anilines is 1. The zero-order valence-electron chi connectivity index (χ0n) is 25.4. The lowest BCUT2D eigenvalue weighted by Gasteiger charge is -2.36. The maximum Gasteiger partial charge on any atom is 0.284 e. The molecule has 4 aliphatic heterocycles. The molecule has 1 aromatic rings. The zero-order valence-corrected chi connectivity index (χ0v) is 25.4. The Hall–Kier alpha value is -2.79.